The third-order valence-electron chi connectivity index (χ3n) is 5.85. The summed E-state index contributed by atoms with van der Waals surface area (Å²) in [5, 5.41) is 5.68. The van der Waals surface area contributed by atoms with Crippen LogP contribution in [0.25, 0.3) is 0 Å². The van der Waals surface area contributed by atoms with Crippen molar-refractivity contribution < 1.29 is 14.4 Å². The SMILES string of the molecule is O=C(CCn1ccnc1)Nc1cccc(C(=O)Nc2ccc(C(=O)N3CCCCCC3)cc2)c1. The average molecular weight is 460 g/mol. The van der Waals surface area contributed by atoms with Crippen molar-refractivity contribution in [3.8, 4) is 0 Å². The molecule has 0 spiro atoms. The topological polar surface area (TPSA) is 96.3 Å². The van der Waals surface area contributed by atoms with E-state index in [0.29, 0.717) is 35.5 Å². The molecule has 8 nitrogen and oxygen atoms in total. The molecule has 0 bridgehead atoms. The van der Waals surface area contributed by atoms with Crippen molar-refractivity contribution in [2.75, 3.05) is 23.7 Å². The number of hydrogen-bond donors (Lipinski definition) is 2. The molecule has 0 aliphatic carbocycles. The first kappa shape index (κ1) is 23.2. The monoisotopic (exact) mass is 459 g/mol. The lowest BCUT2D eigenvalue weighted by atomic mass is 10.1. The number of imidazole rings is 1. The summed E-state index contributed by atoms with van der Waals surface area (Å²) in [5.41, 5.74) is 2.21. The number of aryl methyl sites for hydroxylation is 1. The van der Waals surface area contributed by atoms with Crippen molar-refractivity contribution in [1.82, 2.24) is 14.5 Å². The Hall–Kier alpha value is -3.94. The molecule has 1 aliphatic heterocycles. The first-order valence-electron chi connectivity index (χ1n) is 11.6. The molecule has 1 fully saturated rings. The molecule has 3 aromatic rings. The van der Waals surface area contributed by atoms with E-state index in [1.54, 1.807) is 67.3 Å². The van der Waals surface area contributed by atoms with Gasteiger partial charge in [0, 0.05) is 61.0 Å². The van der Waals surface area contributed by atoms with Crippen molar-refractivity contribution in [2.24, 2.45) is 0 Å². The zero-order valence-electron chi connectivity index (χ0n) is 19.1. The summed E-state index contributed by atoms with van der Waals surface area (Å²) in [4.78, 5) is 43.6. The molecule has 2 aromatic carbocycles. The lowest BCUT2D eigenvalue weighted by molar-refractivity contribution is -0.116. The summed E-state index contributed by atoms with van der Waals surface area (Å²) < 4.78 is 1.83. The summed E-state index contributed by atoms with van der Waals surface area (Å²) in [6.07, 6.45) is 9.87. The Balaban J connectivity index is 1.32. The smallest absolute Gasteiger partial charge is 0.255 e. The molecule has 0 saturated carbocycles. The molecule has 4 rings (SSSR count). The highest BCUT2D eigenvalue weighted by Gasteiger charge is 2.17. The largest absolute Gasteiger partial charge is 0.339 e. The fourth-order valence-electron chi connectivity index (χ4n) is 3.97. The van der Waals surface area contributed by atoms with E-state index in [0.717, 1.165) is 25.9 Å². The van der Waals surface area contributed by atoms with E-state index >= 15 is 0 Å². The van der Waals surface area contributed by atoms with Crippen molar-refractivity contribution in [1.29, 1.82) is 0 Å². The van der Waals surface area contributed by atoms with Crippen LogP contribution in [0, 0.1) is 0 Å². The molecule has 0 atom stereocenters. The second-order valence-electron chi connectivity index (χ2n) is 8.42. The molecule has 1 aliphatic rings. The highest BCUT2D eigenvalue weighted by molar-refractivity contribution is 6.05. The van der Waals surface area contributed by atoms with Gasteiger partial charge in [-0.25, -0.2) is 4.98 Å². The van der Waals surface area contributed by atoms with Gasteiger partial charge in [0.15, 0.2) is 0 Å². The molecule has 176 valence electrons. The summed E-state index contributed by atoms with van der Waals surface area (Å²) in [6, 6.07) is 13.8. The van der Waals surface area contributed by atoms with Gasteiger partial charge in [-0.15, -0.1) is 0 Å². The van der Waals surface area contributed by atoms with Crippen LogP contribution in [0.15, 0.2) is 67.3 Å². The van der Waals surface area contributed by atoms with E-state index in [1.807, 2.05) is 9.47 Å². The van der Waals surface area contributed by atoms with Gasteiger partial charge in [-0.1, -0.05) is 18.9 Å². The van der Waals surface area contributed by atoms with Gasteiger partial charge < -0.3 is 20.1 Å². The van der Waals surface area contributed by atoms with Crippen LogP contribution < -0.4 is 10.6 Å². The zero-order chi connectivity index (χ0) is 23.8. The number of amides is 3. The highest BCUT2D eigenvalue weighted by Crippen LogP contribution is 2.17. The Kier molecular flexibility index (Phi) is 7.70. The molecule has 3 amide bonds. The number of likely N-dealkylation sites (tertiary alicyclic amines) is 1. The van der Waals surface area contributed by atoms with Crippen LogP contribution in [0.2, 0.25) is 0 Å². The molecule has 1 aromatic heterocycles. The predicted octanol–water partition coefficient (Wildman–Crippen LogP) is 4.18. The number of anilines is 2. The van der Waals surface area contributed by atoms with Gasteiger partial charge in [0.1, 0.15) is 0 Å². The first-order chi connectivity index (χ1) is 16.6. The second kappa shape index (κ2) is 11.3. The third-order valence-corrected chi connectivity index (χ3v) is 5.85. The van der Waals surface area contributed by atoms with E-state index in [2.05, 4.69) is 15.6 Å². The van der Waals surface area contributed by atoms with Crippen molar-refractivity contribution in [2.45, 2.75) is 38.6 Å². The lowest BCUT2D eigenvalue weighted by Gasteiger charge is -2.20. The zero-order valence-corrected chi connectivity index (χ0v) is 19.1. The second-order valence-corrected chi connectivity index (χ2v) is 8.42. The van der Waals surface area contributed by atoms with E-state index in [1.165, 1.54) is 12.8 Å². The number of carbonyl (C=O) groups is 3. The van der Waals surface area contributed by atoms with Gasteiger partial charge in [0.05, 0.1) is 6.33 Å². The maximum absolute atomic E-state index is 12.7. The minimum atomic E-state index is -0.291. The van der Waals surface area contributed by atoms with Gasteiger partial charge >= 0.3 is 0 Å². The van der Waals surface area contributed by atoms with Gasteiger partial charge in [-0.05, 0) is 55.3 Å². The number of nitrogens with one attached hydrogen (secondary N) is 2. The predicted molar refractivity (Wildman–Crippen MR) is 131 cm³/mol. The summed E-state index contributed by atoms with van der Waals surface area (Å²) in [5.74, 6) is -0.395. The van der Waals surface area contributed by atoms with Crippen molar-refractivity contribution in [3.05, 3.63) is 78.4 Å². The van der Waals surface area contributed by atoms with Crippen LogP contribution in [0.3, 0.4) is 0 Å². The van der Waals surface area contributed by atoms with Crippen LogP contribution in [-0.2, 0) is 11.3 Å². The standard InChI is InChI=1S/C26H29N5O3/c32-24(12-16-30-17-13-27-19-30)28-23-7-5-6-21(18-23)25(33)29-22-10-8-20(9-11-22)26(34)31-14-3-1-2-4-15-31/h5-11,13,17-19H,1-4,12,14-16H2,(H,28,32)(H,29,33). The van der Waals surface area contributed by atoms with Gasteiger partial charge in [0.2, 0.25) is 5.91 Å². The number of aromatic nitrogens is 2. The van der Waals surface area contributed by atoms with Crippen molar-refractivity contribution >= 4 is 29.1 Å². The van der Waals surface area contributed by atoms with Gasteiger partial charge in [-0.3, -0.25) is 14.4 Å². The normalized spacial score (nSPS) is 13.7. The van der Waals surface area contributed by atoms with E-state index in [-0.39, 0.29) is 17.7 Å². The summed E-state index contributed by atoms with van der Waals surface area (Å²) in [6.45, 7) is 2.13. The Morgan fingerprint density at radius 1 is 0.853 bits per heavy atom. The average Bonchev–Trinajstić information content (AvgIpc) is 3.23. The minimum absolute atomic E-state index is 0.0382. The van der Waals surface area contributed by atoms with E-state index < -0.39 is 0 Å². The molecule has 34 heavy (non-hydrogen) atoms. The molecule has 0 radical (unpaired) electrons. The Labute approximate surface area is 199 Å². The molecule has 1 saturated heterocycles. The number of carbonyl (C=O) groups excluding carboxylic acids is 3. The maximum Gasteiger partial charge on any atom is 0.255 e. The molecule has 2 N–H and O–H groups in total. The van der Waals surface area contributed by atoms with E-state index in [4.69, 9.17) is 0 Å². The Morgan fingerprint density at radius 3 is 2.32 bits per heavy atom. The molecular formula is C26H29N5O3. The summed E-state index contributed by atoms with van der Waals surface area (Å²) in [7, 11) is 0. The minimum Gasteiger partial charge on any atom is -0.339 e. The third kappa shape index (κ3) is 6.31. The van der Waals surface area contributed by atoms with Crippen LogP contribution in [0.4, 0.5) is 11.4 Å². The van der Waals surface area contributed by atoms with Crippen LogP contribution in [0.5, 0.6) is 0 Å². The molecule has 0 unspecified atom stereocenters. The molecular weight excluding hydrogens is 430 g/mol. The van der Waals surface area contributed by atoms with Gasteiger partial charge in [0.25, 0.3) is 11.8 Å². The van der Waals surface area contributed by atoms with Crippen LogP contribution in [0.1, 0.15) is 52.8 Å². The highest BCUT2D eigenvalue weighted by atomic mass is 16.2. The van der Waals surface area contributed by atoms with E-state index in [9.17, 15) is 14.4 Å². The summed E-state index contributed by atoms with van der Waals surface area (Å²) >= 11 is 0. The number of rotatable bonds is 7. The quantitative estimate of drug-likeness (QED) is 0.554. The van der Waals surface area contributed by atoms with Gasteiger partial charge in [-0.2, -0.15) is 0 Å². The van der Waals surface area contributed by atoms with Crippen LogP contribution >= 0.6 is 0 Å². The number of benzene rings is 2. The fourth-order valence-corrected chi connectivity index (χ4v) is 3.97. The Morgan fingerprint density at radius 2 is 1.62 bits per heavy atom. The molecule has 8 heteroatoms. The fraction of sp³-hybridized carbons (Fsp3) is 0.308. The van der Waals surface area contributed by atoms with Crippen LogP contribution in [-0.4, -0.2) is 45.3 Å². The number of hydrogen-bond acceptors (Lipinski definition) is 4. The maximum atomic E-state index is 12.7. The molecule has 2 heterocycles. The first-order valence-corrected chi connectivity index (χ1v) is 11.6. The lowest BCUT2D eigenvalue weighted by Crippen LogP contribution is -2.31. The number of nitrogens with zero attached hydrogens (tertiary/aromatic N) is 3. The Bertz CT molecular complexity index is 1120. The van der Waals surface area contributed by atoms with Crippen molar-refractivity contribution in [3.63, 3.8) is 0 Å².